The van der Waals surface area contributed by atoms with Gasteiger partial charge in [-0.2, -0.15) is 0 Å². The van der Waals surface area contributed by atoms with Gasteiger partial charge >= 0.3 is 11.4 Å². The fraction of sp³-hybridized carbons (Fsp3) is 0.200. The molecule has 14 heteroatoms. The SMILES string of the molecule is CN(C)CCCN(c1ccccc1C(=O)c1ccccc1)c1ncccc1[N+](=O)[O-].CN(C)CCN(c1ccccc1C(=O)c1ccccc1)c1ncccc1[N+](=O)[O-]. The number of likely N-dealkylation sites (N-methyl/N-ethyl adjacent to an activating group) is 1. The largest absolute Gasteiger partial charge is 0.320 e. The van der Waals surface area contributed by atoms with Crippen LogP contribution in [-0.4, -0.2) is 95.6 Å². The van der Waals surface area contributed by atoms with Gasteiger partial charge in [-0.25, -0.2) is 9.97 Å². The number of pyridine rings is 2. The van der Waals surface area contributed by atoms with E-state index in [1.54, 1.807) is 70.5 Å². The summed E-state index contributed by atoms with van der Waals surface area (Å²) in [6.07, 6.45) is 3.80. The van der Waals surface area contributed by atoms with E-state index in [-0.39, 0.29) is 34.6 Å². The summed E-state index contributed by atoms with van der Waals surface area (Å²) in [6, 6.07) is 38.2. The van der Waals surface area contributed by atoms with Crippen molar-refractivity contribution >= 4 is 46.0 Å². The molecule has 14 nitrogen and oxygen atoms in total. The number of carbonyl (C=O) groups excluding carboxylic acids is 2. The van der Waals surface area contributed by atoms with Crippen LogP contribution >= 0.6 is 0 Å². The van der Waals surface area contributed by atoms with Crippen LogP contribution in [0.2, 0.25) is 0 Å². The molecule has 0 aliphatic rings. The lowest BCUT2D eigenvalue weighted by Crippen LogP contribution is -2.30. The number of para-hydroxylation sites is 2. The molecule has 0 aliphatic heterocycles. The zero-order valence-corrected chi connectivity index (χ0v) is 33.4. The molecule has 0 radical (unpaired) electrons. The average molecular weight is 795 g/mol. The van der Waals surface area contributed by atoms with Crippen molar-refractivity contribution < 1.29 is 19.4 Å². The summed E-state index contributed by atoms with van der Waals surface area (Å²) in [5.41, 5.74) is 3.07. The number of ketones is 2. The highest BCUT2D eigenvalue weighted by Gasteiger charge is 2.27. The van der Waals surface area contributed by atoms with Crippen LogP contribution < -0.4 is 9.80 Å². The van der Waals surface area contributed by atoms with Gasteiger partial charge in [-0.05, 0) is 77.6 Å². The molecule has 0 saturated carbocycles. The second-order valence-corrected chi connectivity index (χ2v) is 13.9. The number of aromatic nitrogens is 2. The van der Waals surface area contributed by atoms with Gasteiger partial charge in [-0.3, -0.25) is 29.8 Å². The molecule has 6 rings (SSSR count). The number of anilines is 4. The predicted molar refractivity (Wildman–Crippen MR) is 230 cm³/mol. The monoisotopic (exact) mass is 794 g/mol. The van der Waals surface area contributed by atoms with Crippen molar-refractivity contribution in [3.63, 3.8) is 0 Å². The van der Waals surface area contributed by atoms with Crippen LogP contribution in [0.4, 0.5) is 34.4 Å². The van der Waals surface area contributed by atoms with E-state index >= 15 is 0 Å². The molecule has 2 aromatic heterocycles. The number of hydrogen-bond donors (Lipinski definition) is 0. The lowest BCUT2D eigenvalue weighted by Gasteiger charge is -2.27. The molecule has 0 aliphatic carbocycles. The molecule has 0 unspecified atom stereocenters. The summed E-state index contributed by atoms with van der Waals surface area (Å²) in [6.45, 7) is 2.34. The van der Waals surface area contributed by atoms with E-state index in [2.05, 4.69) is 9.97 Å². The maximum absolute atomic E-state index is 13.2. The number of nitrogens with zero attached hydrogens (tertiary/aromatic N) is 8. The third-order valence-electron chi connectivity index (χ3n) is 9.15. The maximum Gasteiger partial charge on any atom is 0.311 e. The second kappa shape index (κ2) is 20.8. The zero-order valence-electron chi connectivity index (χ0n) is 33.4. The number of nitro groups is 2. The molecule has 0 N–H and O–H groups in total. The Morgan fingerprint density at radius 1 is 0.492 bits per heavy atom. The molecule has 0 atom stereocenters. The first kappa shape index (κ1) is 43.0. The Morgan fingerprint density at radius 2 is 0.881 bits per heavy atom. The normalized spacial score (nSPS) is 10.7. The fourth-order valence-electron chi connectivity index (χ4n) is 6.30. The number of benzene rings is 4. The standard InChI is InChI=1S/C23H24N4O3.C22H22N4O3/c1-25(2)16-9-17-26(23-21(27(29)30)14-8-15-24-23)20-13-7-6-12-19(20)22(28)18-10-4-3-5-11-18;1-24(2)15-16-25(22-20(26(28)29)13-8-14-23-22)19-12-7-6-11-18(19)21(27)17-9-4-3-5-10-17/h3-8,10-15H,9,16-17H2,1-2H3;3-14H,15-16H2,1-2H3. The number of carbonyl (C=O) groups is 2. The number of rotatable bonds is 17. The Hall–Kier alpha value is -7.16. The highest BCUT2D eigenvalue weighted by molar-refractivity contribution is 6.13. The van der Waals surface area contributed by atoms with Crippen LogP contribution in [0.15, 0.2) is 146 Å². The summed E-state index contributed by atoms with van der Waals surface area (Å²) in [5.74, 6) is 0.166. The topological polar surface area (TPSA) is 159 Å². The first-order valence-electron chi connectivity index (χ1n) is 18.9. The van der Waals surface area contributed by atoms with Gasteiger partial charge in [0.2, 0.25) is 11.6 Å². The van der Waals surface area contributed by atoms with Crippen molar-refractivity contribution in [3.8, 4) is 0 Å². The van der Waals surface area contributed by atoms with Crippen LogP contribution in [-0.2, 0) is 0 Å². The van der Waals surface area contributed by atoms with E-state index < -0.39 is 9.85 Å². The Morgan fingerprint density at radius 3 is 1.29 bits per heavy atom. The van der Waals surface area contributed by atoms with Gasteiger partial charge in [0, 0.05) is 66.4 Å². The predicted octanol–water partition coefficient (Wildman–Crippen LogP) is 8.23. The first-order valence-corrected chi connectivity index (χ1v) is 18.9. The van der Waals surface area contributed by atoms with Gasteiger partial charge < -0.3 is 19.6 Å². The van der Waals surface area contributed by atoms with Crippen LogP contribution in [0, 0.1) is 20.2 Å². The molecule has 0 fully saturated rings. The van der Waals surface area contributed by atoms with E-state index in [0.717, 1.165) is 13.0 Å². The first-order chi connectivity index (χ1) is 28.5. The van der Waals surface area contributed by atoms with Gasteiger partial charge in [0.25, 0.3) is 0 Å². The molecule has 302 valence electrons. The Kier molecular flexibility index (Phi) is 15.2. The van der Waals surface area contributed by atoms with Gasteiger partial charge in [-0.15, -0.1) is 0 Å². The van der Waals surface area contributed by atoms with Crippen molar-refractivity contribution in [1.29, 1.82) is 0 Å². The van der Waals surface area contributed by atoms with E-state index in [9.17, 15) is 29.8 Å². The van der Waals surface area contributed by atoms with Gasteiger partial charge in [0.1, 0.15) is 0 Å². The molecule has 0 saturated heterocycles. The zero-order chi connectivity index (χ0) is 42.3. The molecular formula is C45H46N8O6. The van der Waals surface area contributed by atoms with Crippen LogP contribution in [0.5, 0.6) is 0 Å². The van der Waals surface area contributed by atoms with Crippen molar-refractivity contribution in [2.75, 3.05) is 64.2 Å². The number of hydrogen-bond acceptors (Lipinski definition) is 12. The van der Waals surface area contributed by atoms with Gasteiger partial charge in [0.15, 0.2) is 11.6 Å². The van der Waals surface area contributed by atoms with Gasteiger partial charge in [0.05, 0.1) is 21.2 Å². The van der Waals surface area contributed by atoms with Crippen molar-refractivity contribution in [3.05, 3.63) is 188 Å². The van der Waals surface area contributed by atoms with E-state index in [0.29, 0.717) is 53.3 Å². The highest BCUT2D eigenvalue weighted by atomic mass is 16.6. The molecule has 4 aromatic carbocycles. The lowest BCUT2D eigenvalue weighted by atomic mass is 10.0. The van der Waals surface area contributed by atoms with Crippen molar-refractivity contribution in [1.82, 2.24) is 19.8 Å². The summed E-state index contributed by atoms with van der Waals surface area (Å²) in [5, 5.41) is 23.2. The minimum atomic E-state index is -0.452. The van der Waals surface area contributed by atoms with E-state index in [4.69, 9.17) is 0 Å². The summed E-state index contributed by atoms with van der Waals surface area (Å²) >= 11 is 0. The average Bonchev–Trinajstić information content (AvgIpc) is 3.25. The third kappa shape index (κ3) is 11.2. The van der Waals surface area contributed by atoms with Crippen LogP contribution in [0.3, 0.4) is 0 Å². The smallest absolute Gasteiger partial charge is 0.311 e. The minimum Gasteiger partial charge on any atom is -0.320 e. The van der Waals surface area contributed by atoms with Crippen LogP contribution in [0.25, 0.3) is 0 Å². The quantitative estimate of drug-likeness (QED) is 0.0495. The second-order valence-electron chi connectivity index (χ2n) is 13.9. The molecule has 0 amide bonds. The molecule has 59 heavy (non-hydrogen) atoms. The molecule has 0 bridgehead atoms. The minimum absolute atomic E-state index is 0.0932. The van der Waals surface area contributed by atoms with Gasteiger partial charge in [-0.1, -0.05) is 84.9 Å². The Bertz CT molecular complexity index is 2360. The summed E-state index contributed by atoms with van der Waals surface area (Å²) < 4.78 is 0. The summed E-state index contributed by atoms with van der Waals surface area (Å²) in [7, 11) is 7.79. The van der Waals surface area contributed by atoms with Crippen LogP contribution in [0.1, 0.15) is 38.3 Å². The molecule has 2 heterocycles. The van der Waals surface area contributed by atoms with Crippen molar-refractivity contribution in [2.45, 2.75) is 6.42 Å². The molecule has 6 aromatic rings. The highest BCUT2D eigenvalue weighted by Crippen LogP contribution is 2.36. The lowest BCUT2D eigenvalue weighted by molar-refractivity contribution is -0.384. The third-order valence-corrected chi connectivity index (χ3v) is 9.15. The molecular weight excluding hydrogens is 749 g/mol. The Labute approximate surface area is 343 Å². The maximum atomic E-state index is 13.2. The summed E-state index contributed by atoms with van der Waals surface area (Å²) in [4.78, 5) is 64.9. The fourth-order valence-corrected chi connectivity index (χ4v) is 6.30. The Balaban J connectivity index is 0.000000224. The van der Waals surface area contributed by atoms with E-state index in [1.165, 1.54) is 30.6 Å². The van der Waals surface area contributed by atoms with E-state index in [1.807, 2.05) is 92.6 Å². The van der Waals surface area contributed by atoms with Crippen molar-refractivity contribution in [2.24, 2.45) is 0 Å². The molecule has 0 spiro atoms.